The zero-order valence-corrected chi connectivity index (χ0v) is 15.7. The number of carbonyl (C=O) groups excluding carboxylic acids is 1. The molecule has 1 aliphatic heterocycles. The molecule has 0 spiro atoms. The van der Waals surface area contributed by atoms with E-state index >= 15 is 0 Å². The van der Waals surface area contributed by atoms with Crippen LogP contribution in [0.25, 0.3) is 0 Å². The third-order valence-corrected chi connectivity index (χ3v) is 5.26. The van der Waals surface area contributed by atoms with Gasteiger partial charge in [-0.15, -0.1) is 0 Å². The summed E-state index contributed by atoms with van der Waals surface area (Å²) in [6.07, 6.45) is 1.59. The molecule has 1 aliphatic rings. The van der Waals surface area contributed by atoms with E-state index in [2.05, 4.69) is 10.2 Å². The fraction of sp³-hybridized carbons (Fsp3) is 0.381. The van der Waals surface area contributed by atoms with Crippen molar-refractivity contribution in [3.8, 4) is 0 Å². The highest BCUT2D eigenvalue weighted by Crippen LogP contribution is 2.22. The molecule has 1 saturated heterocycles. The second kappa shape index (κ2) is 8.65. The first kappa shape index (κ1) is 18.9. The van der Waals surface area contributed by atoms with Crippen molar-refractivity contribution >= 4 is 17.5 Å². The summed E-state index contributed by atoms with van der Waals surface area (Å²) in [4.78, 5) is 14.7. The van der Waals surface area contributed by atoms with E-state index < -0.39 is 0 Å². The molecule has 1 heterocycles. The van der Waals surface area contributed by atoms with Gasteiger partial charge in [-0.05, 0) is 50.6 Å². The Labute approximate surface area is 159 Å². The molecule has 1 N–H and O–H groups in total. The fourth-order valence-corrected chi connectivity index (χ4v) is 3.56. The average Bonchev–Trinajstić information content (AvgIpc) is 2.65. The van der Waals surface area contributed by atoms with Crippen molar-refractivity contribution in [1.82, 2.24) is 10.2 Å². The summed E-state index contributed by atoms with van der Waals surface area (Å²) < 4.78 is 13.9. The molecule has 138 valence electrons. The van der Waals surface area contributed by atoms with Gasteiger partial charge in [0.25, 0.3) is 0 Å². The Morgan fingerprint density at radius 1 is 1.23 bits per heavy atom. The van der Waals surface area contributed by atoms with Gasteiger partial charge in [-0.2, -0.15) is 0 Å². The average molecular weight is 375 g/mol. The van der Waals surface area contributed by atoms with E-state index in [1.165, 1.54) is 6.07 Å². The van der Waals surface area contributed by atoms with Gasteiger partial charge in [0.2, 0.25) is 5.91 Å². The molecule has 3 nitrogen and oxygen atoms in total. The van der Waals surface area contributed by atoms with Crippen LogP contribution in [0.5, 0.6) is 0 Å². The van der Waals surface area contributed by atoms with E-state index in [-0.39, 0.29) is 23.7 Å². The molecule has 1 amide bonds. The third kappa shape index (κ3) is 4.83. The summed E-state index contributed by atoms with van der Waals surface area (Å²) in [5.41, 5.74) is 1.76. The predicted octanol–water partition coefficient (Wildman–Crippen LogP) is 4.57. The minimum Gasteiger partial charge on any atom is -0.349 e. The van der Waals surface area contributed by atoms with E-state index in [4.69, 9.17) is 11.6 Å². The van der Waals surface area contributed by atoms with Gasteiger partial charge >= 0.3 is 0 Å². The first-order chi connectivity index (χ1) is 12.5. The minimum atomic E-state index is -0.269. The van der Waals surface area contributed by atoms with Gasteiger partial charge in [0, 0.05) is 23.0 Å². The predicted molar refractivity (Wildman–Crippen MR) is 102 cm³/mol. The molecule has 0 saturated carbocycles. The molecule has 3 rings (SSSR count). The molecule has 2 aromatic rings. The lowest BCUT2D eigenvalue weighted by Gasteiger charge is -2.32. The van der Waals surface area contributed by atoms with Crippen LogP contribution in [0.1, 0.15) is 36.9 Å². The smallest absolute Gasteiger partial charge is 0.223 e. The number of rotatable bonds is 5. The van der Waals surface area contributed by atoms with E-state index in [1.807, 2.05) is 37.3 Å². The van der Waals surface area contributed by atoms with Gasteiger partial charge in [0.05, 0.1) is 6.04 Å². The van der Waals surface area contributed by atoms with Crippen LogP contribution in [0, 0.1) is 11.7 Å². The maximum atomic E-state index is 13.9. The molecule has 1 fully saturated rings. The molecule has 0 bridgehead atoms. The number of halogens is 2. The van der Waals surface area contributed by atoms with Gasteiger partial charge in [-0.1, -0.05) is 48.0 Å². The number of hydrogen-bond acceptors (Lipinski definition) is 2. The minimum absolute atomic E-state index is 0.00453. The van der Waals surface area contributed by atoms with E-state index in [1.54, 1.807) is 12.1 Å². The number of piperidine rings is 1. The molecule has 0 aromatic heterocycles. The van der Waals surface area contributed by atoms with Crippen molar-refractivity contribution in [2.24, 2.45) is 5.92 Å². The normalized spacial score (nSPS) is 17.0. The van der Waals surface area contributed by atoms with Crippen molar-refractivity contribution in [3.05, 3.63) is 70.5 Å². The Balaban J connectivity index is 1.49. The SMILES string of the molecule is C[C@@H](NC(=O)C1CCN(Cc2ccc(Cl)cc2F)CC1)c1ccccc1. The lowest BCUT2D eigenvalue weighted by Crippen LogP contribution is -2.41. The van der Waals surface area contributed by atoms with Crippen molar-refractivity contribution in [1.29, 1.82) is 0 Å². The monoisotopic (exact) mass is 374 g/mol. The molecule has 5 heteroatoms. The lowest BCUT2D eigenvalue weighted by molar-refractivity contribution is -0.127. The molecule has 0 unspecified atom stereocenters. The van der Waals surface area contributed by atoms with Crippen LogP contribution >= 0.6 is 11.6 Å². The molecule has 0 radical (unpaired) electrons. The fourth-order valence-electron chi connectivity index (χ4n) is 3.40. The first-order valence-electron chi connectivity index (χ1n) is 9.04. The zero-order chi connectivity index (χ0) is 18.5. The van der Waals surface area contributed by atoms with Crippen molar-refractivity contribution in [3.63, 3.8) is 0 Å². The summed E-state index contributed by atoms with van der Waals surface area (Å²) in [7, 11) is 0. The van der Waals surface area contributed by atoms with E-state index in [0.717, 1.165) is 31.5 Å². The first-order valence-corrected chi connectivity index (χ1v) is 9.42. The summed E-state index contributed by atoms with van der Waals surface area (Å²) >= 11 is 5.80. The van der Waals surface area contributed by atoms with Gasteiger partial charge in [-0.25, -0.2) is 4.39 Å². The van der Waals surface area contributed by atoms with Crippen molar-refractivity contribution in [2.75, 3.05) is 13.1 Å². The number of likely N-dealkylation sites (tertiary alicyclic amines) is 1. The van der Waals surface area contributed by atoms with Crippen LogP contribution in [-0.2, 0) is 11.3 Å². The Bertz CT molecular complexity index is 745. The number of amides is 1. The molecule has 2 aromatic carbocycles. The largest absolute Gasteiger partial charge is 0.349 e. The highest BCUT2D eigenvalue weighted by molar-refractivity contribution is 6.30. The van der Waals surface area contributed by atoms with Crippen molar-refractivity contribution < 1.29 is 9.18 Å². The summed E-state index contributed by atoms with van der Waals surface area (Å²) in [6.45, 7) is 4.14. The number of benzene rings is 2. The Kier molecular flexibility index (Phi) is 6.28. The Hall–Kier alpha value is -1.91. The van der Waals surface area contributed by atoms with Crippen LogP contribution < -0.4 is 5.32 Å². The van der Waals surface area contributed by atoms with Gasteiger partial charge in [0.1, 0.15) is 5.82 Å². The molecule has 26 heavy (non-hydrogen) atoms. The summed E-state index contributed by atoms with van der Waals surface area (Å²) in [5.74, 6) is -0.139. The van der Waals surface area contributed by atoms with E-state index in [9.17, 15) is 9.18 Å². The quantitative estimate of drug-likeness (QED) is 0.831. The maximum absolute atomic E-state index is 13.9. The Morgan fingerprint density at radius 3 is 2.58 bits per heavy atom. The van der Waals surface area contributed by atoms with Crippen LogP contribution in [0.4, 0.5) is 4.39 Å². The molecular formula is C21H24ClFN2O. The van der Waals surface area contributed by atoms with Gasteiger partial charge in [-0.3, -0.25) is 9.69 Å². The second-order valence-electron chi connectivity index (χ2n) is 6.93. The molecule has 0 aliphatic carbocycles. The molecular weight excluding hydrogens is 351 g/mol. The standard InChI is InChI=1S/C21H24ClFN2O/c1-15(16-5-3-2-4-6-16)24-21(26)17-9-11-25(12-10-17)14-18-7-8-19(22)13-20(18)23/h2-8,13,15,17H,9-12,14H2,1H3,(H,24,26)/t15-/m1/s1. The maximum Gasteiger partial charge on any atom is 0.223 e. The third-order valence-electron chi connectivity index (χ3n) is 5.03. The zero-order valence-electron chi connectivity index (χ0n) is 14.9. The van der Waals surface area contributed by atoms with Crippen LogP contribution in [0.2, 0.25) is 5.02 Å². The van der Waals surface area contributed by atoms with Gasteiger partial charge < -0.3 is 5.32 Å². The summed E-state index contributed by atoms with van der Waals surface area (Å²) in [5, 5.41) is 3.52. The number of carbonyl (C=O) groups is 1. The van der Waals surface area contributed by atoms with E-state index in [0.29, 0.717) is 17.1 Å². The van der Waals surface area contributed by atoms with Crippen LogP contribution in [-0.4, -0.2) is 23.9 Å². The lowest BCUT2D eigenvalue weighted by atomic mass is 9.95. The van der Waals surface area contributed by atoms with Crippen LogP contribution in [0.3, 0.4) is 0 Å². The Morgan fingerprint density at radius 2 is 1.92 bits per heavy atom. The topological polar surface area (TPSA) is 32.3 Å². The van der Waals surface area contributed by atoms with Crippen molar-refractivity contribution in [2.45, 2.75) is 32.4 Å². The molecule has 1 atom stereocenters. The highest BCUT2D eigenvalue weighted by atomic mass is 35.5. The summed E-state index contributed by atoms with van der Waals surface area (Å²) in [6, 6.07) is 14.8. The highest BCUT2D eigenvalue weighted by Gasteiger charge is 2.26. The van der Waals surface area contributed by atoms with Gasteiger partial charge in [0.15, 0.2) is 0 Å². The number of nitrogens with one attached hydrogen (secondary N) is 1. The van der Waals surface area contributed by atoms with Crippen LogP contribution in [0.15, 0.2) is 48.5 Å². The second-order valence-corrected chi connectivity index (χ2v) is 7.36. The number of hydrogen-bond donors (Lipinski definition) is 1. The number of nitrogens with zero attached hydrogens (tertiary/aromatic N) is 1.